The molecule has 1 aromatic carbocycles. The molecule has 0 aliphatic heterocycles. The monoisotopic (exact) mass is 191 g/mol. The first-order valence-electron chi connectivity index (χ1n) is 4.05. The Morgan fingerprint density at radius 1 is 1.46 bits per heavy atom. The summed E-state index contributed by atoms with van der Waals surface area (Å²) < 4.78 is 5.37. The largest absolute Gasteiger partial charge is 0.295 e. The average Bonchev–Trinajstić information content (AvgIpc) is 2.47. The van der Waals surface area contributed by atoms with Gasteiger partial charge in [0.2, 0.25) is 0 Å². The quantitative estimate of drug-likeness (QED) is 0.649. The summed E-state index contributed by atoms with van der Waals surface area (Å²) in [5, 5.41) is 1.10. The topological polar surface area (TPSA) is 30.0 Å². The Morgan fingerprint density at radius 2 is 2.23 bits per heavy atom. The second-order valence-corrected chi connectivity index (χ2v) is 3.84. The number of nitrogens with zero attached hydrogens (tertiary/aromatic N) is 1. The van der Waals surface area contributed by atoms with E-state index >= 15 is 0 Å². The van der Waals surface area contributed by atoms with E-state index < -0.39 is 0 Å². The number of fused-ring (bicyclic) bond motifs is 1. The Bertz CT molecular complexity index is 473. The number of benzene rings is 1. The van der Waals surface area contributed by atoms with E-state index in [1.165, 1.54) is 11.5 Å². The van der Waals surface area contributed by atoms with Crippen LogP contribution in [0.5, 0.6) is 0 Å². The van der Waals surface area contributed by atoms with Crippen LogP contribution in [-0.2, 0) is 0 Å². The molecular formula is C10H9NOS. The van der Waals surface area contributed by atoms with E-state index in [2.05, 4.69) is 4.37 Å². The van der Waals surface area contributed by atoms with Gasteiger partial charge in [-0.2, -0.15) is 4.37 Å². The van der Waals surface area contributed by atoms with Crippen molar-refractivity contribution in [3.63, 3.8) is 0 Å². The van der Waals surface area contributed by atoms with Crippen molar-refractivity contribution >= 4 is 27.4 Å². The fraction of sp³-hybridized carbons (Fsp3) is 0.200. The highest BCUT2D eigenvalue weighted by molar-refractivity contribution is 7.13. The van der Waals surface area contributed by atoms with Crippen LogP contribution in [0.4, 0.5) is 0 Å². The molecule has 0 aliphatic rings. The number of aromatic nitrogens is 1. The summed E-state index contributed by atoms with van der Waals surface area (Å²) in [6.45, 7) is 3.54. The number of carbonyl (C=O) groups excluding carboxylic acids is 1. The first-order chi connectivity index (χ1) is 6.18. The van der Waals surface area contributed by atoms with Crippen molar-refractivity contribution < 1.29 is 4.79 Å². The predicted molar refractivity (Wildman–Crippen MR) is 54.4 cm³/mol. The molecule has 2 aromatic rings. The van der Waals surface area contributed by atoms with E-state index in [0.717, 1.165) is 21.3 Å². The molecule has 0 atom stereocenters. The summed E-state index contributed by atoms with van der Waals surface area (Å²) in [7, 11) is 0. The van der Waals surface area contributed by atoms with Crippen molar-refractivity contribution in [2.24, 2.45) is 0 Å². The van der Waals surface area contributed by atoms with Gasteiger partial charge in [-0.25, -0.2) is 0 Å². The van der Waals surface area contributed by atoms with Gasteiger partial charge in [0, 0.05) is 10.9 Å². The standard InChI is InChI=1S/C10H9NOS/c1-6-9-5-8(7(2)12)3-4-10(9)13-11-6/h3-5H,1-2H3. The lowest BCUT2D eigenvalue weighted by Gasteiger charge is -1.94. The van der Waals surface area contributed by atoms with E-state index in [-0.39, 0.29) is 5.78 Å². The third-order valence-corrected chi connectivity index (χ3v) is 2.97. The average molecular weight is 191 g/mol. The van der Waals surface area contributed by atoms with Crippen molar-refractivity contribution in [2.75, 3.05) is 0 Å². The zero-order valence-electron chi connectivity index (χ0n) is 7.50. The Labute approximate surface area is 80.4 Å². The van der Waals surface area contributed by atoms with Crippen LogP contribution in [0.2, 0.25) is 0 Å². The molecule has 0 N–H and O–H groups in total. The number of ketones is 1. The molecule has 1 heterocycles. The minimum atomic E-state index is 0.104. The summed E-state index contributed by atoms with van der Waals surface area (Å²) in [6.07, 6.45) is 0. The molecule has 0 bridgehead atoms. The van der Waals surface area contributed by atoms with E-state index in [9.17, 15) is 4.79 Å². The van der Waals surface area contributed by atoms with E-state index in [1.54, 1.807) is 6.92 Å². The summed E-state index contributed by atoms with van der Waals surface area (Å²) in [5.74, 6) is 0.104. The highest BCUT2D eigenvalue weighted by Crippen LogP contribution is 2.23. The van der Waals surface area contributed by atoms with Gasteiger partial charge in [-0.05, 0) is 43.6 Å². The number of hydrogen-bond donors (Lipinski definition) is 0. The number of aryl methyl sites for hydroxylation is 1. The fourth-order valence-electron chi connectivity index (χ4n) is 1.28. The van der Waals surface area contributed by atoms with Crippen molar-refractivity contribution in [1.82, 2.24) is 4.37 Å². The maximum Gasteiger partial charge on any atom is 0.159 e. The van der Waals surface area contributed by atoms with Crippen LogP contribution in [0.3, 0.4) is 0 Å². The fourth-order valence-corrected chi connectivity index (χ4v) is 2.05. The van der Waals surface area contributed by atoms with Gasteiger partial charge >= 0.3 is 0 Å². The van der Waals surface area contributed by atoms with Gasteiger partial charge in [-0.3, -0.25) is 4.79 Å². The molecule has 0 amide bonds. The molecule has 0 spiro atoms. The van der Waals surface area contributed by atoms with Gasteiger partial charge in [0.25, 0.3) is 0 Å². The van der Waals surface area contributed by atoms with Crippen LogP contribution < -0.4 is 0 Å². The van der Waals surface area contributed by atoms with Crippen LogP contribution >= 0.6 is 11.5 Å². The molecule has 0 saturated heterocycles. The molecule has 3 heteroatoms. The lowest BCUT2D eigenvalue weighted by Crippen LogP contribution is -1.90. The van der Waals surface area contributed by atoms with Crippen molar-refractivity contribution in [2.45, 2.75) is 13.8 Å². The Morgan fingerprint density at radius 3 is 2.92 bits per heavy atom. The molecule has 0 unspecified atom stereocenters. The van der Waals surface area contributed by atoms with Crippen LogP contribution in [0.25, 0.3) is 10.1 Å². The molecule has 0 aliphatic carbocycles. The molecular weight excluding hydrogens is 182 g/mol. The number of rotatable bonds is 1. The second kappa shape index (κ2) is 2.92. The smallest absolute Gasteiger partial charge is 0.159 e. The van der Waals surface area contributed by atoms with Gasteiger partial charge < -0.3 is 0 Å². The lowest BCUT2D eigenvalue weighted by molar-refractivity contribution is 0.101. The molecule has 0 saturated carbocycles. The maximum atomic E-state index is 11.1. The highest BCUT2D eigenvalue weighted by atomic mass is 32.1. The van der Waals surface area contributed by atoms with E-state index in [0.29, 0.717) is 0 Å². The normalized spacial score (nSPS) is 10.6. The third kappa shape index (κ3) is 1.35. The molecule has 1 aromatic heterocycles. The van der Waals surface area contributed by atoms with Crippen LogP contribution in [0, 0.1) is 6.92 Å². The zero-order chi connectivity index (χ0) is 9.42. The number of hydrogen-bond acceptors (Lipinski definition) is 3. The summed E-state index contributed by atoms with van der Waals surface area (Å²) >= 11 is 1.47. The van der Waals surface area contributed by atoms with Gasteiger partial charge in [0.15, 0.2) is 5.78 Å². The molecule has 2 rings (SSSR count). The minimum Gasteiger partial charge on any atom is -0.295 e. The molecule has 2 nitrogen and oxygen atoms in total. The van der Waals surface area contributed by atoms with Gasteiger partial charge in [0.1, 0.15) is 0 Å². The lowest BCUT2D eigenvalue weighted by atomic mass is 10.1. The molecule has 0 fully saturated rings. The van der Waals surface area contributed by atoms with Crippen LogP contribution in [0.1, 0.15) is 23.0 Å². The Balaban J connectivity index is 2.72. The second-order valence-electron chi connectivity index (χ2n) is 3.04. The first kappa shape index (κ1) is 8.38. The summed E-state index contributed by atoms with van der Waals surface area (Å²) in [6, 6.07) is 5.72. The van der Waals surface area contributed by atoms with Crippen molar-refractivity contribution in [3.8, 4) is 0 Å². The third-order valence-electron chi connectivity index (χ3n) is 2.06. The Kier molecular flexibility index (Phi) is 1.88. The van der Waals surface area contributed by atoms with Gasteiger partial charge in [-0.1, -0.05) is 0 Å². The van der Waals surface area contributed by atoms with Crippen molar-refractivity contribution in [1.29, 1.82) is 0 Å². The summed E-state index contributed by atoms with van der Waals surface area (Å²) in [5.41, 5.74) is 1.76. The molecule has 0 radical (unpaired) electrons. The number of carbonyl (C=O) groups is 1. The van der Waals surface area contributed by atoms with E-state index in [4.69, 9.17) is 0 Å². The Hall–Kier alpha value is -1.22. The number of Topliss-reactive ketones (excluding diaryl/α,β-unsaturated/α-hetero) is 1. The minimum absolute atomic E-state index is 0.104. The SMILES string of the molecule is CC(=O)c1ccc2snc(C)c2c1. The van der Waals surface area contributed by atoms with E-state index in [1.807, 2.05) is 25.1 Å². The molecule has 13 heavy (non-hydrogen) atoms. The first-order valence-corrected chi connectivity index (χ1v) is 4.83. The maximum absolute atomic E-state index is 11.1. The van der Waals surface area contributed by atoms with Crippen molar-refractivity contribution in [3.05, 3.63) is 29.5 Å². The predicted octanol–water partition coefficient (Wildman–Crippen LogP) is 2.81. The van der Waals surface area contributed by atoms with Gasteiger partial charge in [-0.15, -0.1) is 0 Å². The summed E-state index contributed by atoms with van der Waals surface area (Å²) in [4.78, 5) is 11.1. The van der Waals surface area contributed by atoms with Crippen LogP contribution in [-0.4, -0.2) is 10.2 Å². The molecule has 66 valence electrons. The van der Waals surface area contributed by atoms with Crippen LogP contribution in [0.15, 0.2) is 18.2 Å². The van der Waals surface area contributed by atoms with Gasteiger partial charge in [0.05, 0.1) is 10.4 Å². The highest BCUT2D eigenvalue weighted by Gasteiger charge is 2.04. The zero-order valence-corrected chi connectivity index (χ0v) is 8.31.